The summed E-state index contributed by atoms with van der Waals surface area (Å²) >= 11 is 0. The minimum atomic E-state index is -4.15. The van der Waals surface area contributed by atoms with Crippen LogP contribution in [0.1, 0.15) is 6.92 Å². The summed E-state index contributed by atoms with van der Waals surface area (Å²) in [6.07, 6.45) is -1.30. The molecule has 1 heterocycles. The first-order chi connectivity index (χ1) is 13.7. The van der Waals surface area contributed by atoms with E-state index in [1.807, 2.05) is 0 Å². The fourth-order valence-corrected chi connectivity index (χ4v) is 4.60. The van der Waals surface area contributed by atoms with Crippen molar-refractivity contribution in [1.29, 1.82) is 0 Å². The average Bonchev–Trinajstić information content (AvgIpc) is 2.67. The van der Waals surface area contributed by atoms with Gasteiger partial charge in [0.25, 0.3) is 0 Å². The first kappa shape index (κ1) is 22.5. The maximum atomic E-state index is 13.0. The number of carboxylic acid groups (broad SMARTS) is 2. The van der Waals surface area contributed by atoms with E-state index >= 15 is 0 Å². The van der Waals surface area contributed by atoms with Gasteiger partial charge in [-0.25, -0.2) is 13.2 Å². The SMILES string of the molecule is COCC#CCOc1ccc(S(=O)(=O)N2CCN(C(=O)O)C(C)C2C(=O)O)cc1. The van der Waals surface area contributed by atoms with Gasteiger partial charge in [0.2, 0.25) is 10.0 Å². The first-order valence-corrected chi connectivity index (χ1v) is 10.1. The van der Waals surface area contributed by atoms with Crippen LogP contribution in [0.4, 0.5) is 4.79 Å². The van der Waals surface area contributed by atoms with Crippen LogP contribution in [0.3, 0.4) is 0 Å². The van der Waals surface area contributed by atoms with Crippen molar-refractivity contribution in [3.8, 4) is 17.6 Å². The summed E-state index contributed by atoms with van der Waals surface area (Å²) in [6.45, 7) is 1.37. The Hall–Kier alpha value is -2.81. The number of hydrogen-bond donors (Lipinski definition) is 2. The third-order valence-electron chi connectivity index (χ3n) is 4.40. The van der Waals surface area contributed by atoms with Gasteiger partial charge in [0.15, 0.2) is 0 Å². The molecule has 10 nitrogen and oxygen atoms in total. The number of amides is 1. The van der Waals surface area contributed by atoms with Crippen molar-refractivity contribution < 1.29 is 37.7 Å². The van der Waals surface area contributed by atoms with E-state index in [0.29, 0.717) is 5.75 Å². The predicted molar refractivity (Wildman–Crippen MR) is 101 cm³/mol. The van der Waals surface area contributed by atoms with Gasteiger partial charge in [-0.15, -0.1) is 0 Å². The molecule has 0 aromatic heterocycles. The molecule has 2 atom stereocenters. The number of piperazine rings is 1. The third-order valence-corrected chi connectivity index (χ3v) is 6.30. The smallest absolute Gasteiger partial charge is 0.407 e. The van der Waals surface area contributed by atoms with Gasteiger partial charge in [-0.2, -0.15) is 4.31 Å². The van der Waals surface area contributed by atoms with Crippen LogP contribution in [0.25, 0.3) is 0 Å². The number of carbonyl (C=O) groups is 2. The molecule has 1 aromatic carbocycles. The van der Waals surface area contributed by atoms with Gasteiger partial charge in [0.1, 0.15) is 25.0 Å². The van der Waals surface area contributed by atoms with E-state index in [2.05, 4.69) is 11.8 Å². The molecule has 1 aliphatic rings. The topological polar surface area (TPSA) is 134 Å². The maximum Gasteiger partial charge on any atom is 0.407 e. The van der Waals surface area contributed by atoms with Gasteiger partial charge in [-0.1, -0.05) is 11.8 Å². The van der Waals surface area contributed by atoms with Gasteiger partial charge in [0.05, 0.1) is 10.9 Å². The van der Waals surface area contributed by atoms with E-state index in [0.717, 1.165) is 9.21 Å². The first-order valence-electron chi connectivity index (χ1n) is 8.62. The second kappa shape index (κ2) is 9.60. The summed E-state index contributed by atoms with van der Waals surface area (Å²) in [6, 6.07) is 2.93. The van der Waals surface area contributed by atoms with E-state index in [1.54, 1.807) is 0 Å². The predicted octanol–water partition coefficient (Wildman–Crippen LogP) is 0.541. The van der Waals surface area contributed by atoms with E-state index in [9.17, 15) is 28.2 Å². The van der Waals surface area contributed by atoms with Gasteiger partial charge < -0.3 is 24.6 Å². The van der Waals surface area contributed by atoms with Gasteiger partial charge in [0, 0.05) is 20.2 Å². The quantitative estimate of drug-likeness (QED) is 0.630. The lowest BCUT2D eigenvalue weighted by molar-refractivity contribution is -0.144. The van der Waals surface area contributed by atoms with Crippen LogP contribution in [0, 0.1) is 11.8 Å². The normalized spacial score (nSPS) is 19.9. The molecule has 1 aliphatic heterocycles. The summed E-state index contributed by atoms with van der Waals surface area (Å²) in [4.78, 5) is 23.8. The van der Waals surface area contributed by atoms with Crippen LogP contribution in [-0.4, -0.2) is 85.4 Å². The molecule has 158 valence electrons. The minimum absolute atomic E-state index is 0.102. The lowest BCUT2D eigenvalue weighted by Crippen LogP contribution is -2.63. The number of ether oxygens (including phenoxy) is 2. The van der Waals surface area contributed by atoms with Crippen LogP contribution < -0.4 is 4.74 Å². The standard InChI is InChI=1S/C18H22N2O8S/c1-13-16(17(21)22)20(10-9-19(13)18(23)24)29(25,26)15-7-5-14(6-8-15)28-12-4-3-11-27-2/h5-8,13,16H,9-12H2,1-2H3,(H,21,22)(H,23,24). The van der Waals surface area contributed by atoms with E-state index in [1.165, 1.54) is 38.3 Å². The molecule has 0 spiro atoms. The summed E-state index contributed by atoms with van der Waals surface area (Å²) < 4.78 is 37.0. The van der Waals surface area contributed by atoms with E-state index in [4.69, 9.17) is 9.47 Å². The van der Waals surface area contributed by atoms with Crippen LogP contribution in [0.5, 0.6) is 5.75 Å². The molecule has 2 N–H and O–H groups in total. The molecule has 0 saturated carbocycles. The van der Waals surface area contributed by atoms with Crippen molar-refractivity contribution in [3.05, 3.63) is 24.3 Å². The van der Waals surface area contributed by atoms with Crippen LogP contribution in [0.2, 0.25) is 0 Å². The van der Waals surface area contributed by atoms with Crippen molar-refractivity contribution in [2.24, 2.45) is 0 Å². The summed E-state index contributed by atoms with van der Waals surface area (Å²) in [5, 5.41) is 18.7. The number of sulfonamides is 1. The number of carboxylic acids is 1. The molecular weight excluding hydrogens is 404 g/mol. The van der Waals surface area contributed by atoms with Crippen molar-refractivity contribution in [2.75, 3.05) is 33.4 Å². The Morgan fingerprint density at radius 2 is 1.76 bits per heavy atom. The largest absolute Gasteiger partial charge is 0.481 e. The molecular formula is C18H22N2O8S. The zero-order valence-corrected chi connectivity index (χ0v) is 16.8. The van der Waals surface area contributed by atoms with Gasteiger partial charge >= 0.3 is 12.1 Å². The Morgan fingerprint density at radius 3 is 2.31 bits per heavy atom. The molecule has 0 aliphatic carbocycles. The monoisotopic (exact) mass is 426 g/mol. The Kier molecular flexibility index (Phi) is 7.44. The van der Waals surface area contributed by atoms with Crippen molar-refractivity contribution >= 4 is 22.1 Å². The number of aliphatic carboxylic acids is 1. The van der Waals surface area contributed by atoms with Gasteiger partial charge in [-0.3, -0.25) is 4.79 Å². The molecule has 1 aromatic rings. The molecule has 11 heteroatoms. The lowest BCUT2D eigenvalue weighted by Gasteiger charge is -2.42. The number of rotatable bonds is 6. The lowest BCUT2D eigenvalue weighted by atomic mass is 10.1. The molecule has 2 rings (SSSR count). The molecule has 1 saturated heterocycles. The zero-order valence-electron chi connectivity index (χ0n) is 15.9. The molecule has 1 amide bonds. The number of methoxy groups -OCH3 is 1. The van der Waals surface area contributed by atoms with Crippen molar-refractivity contribution in [1.82, 2.24) is 9.21 Å². The fourth-order valence-electron chi connectivity index (χ4n) is 2.97. The van der Waals surface area contributed by atoms with Crippen LogP contribution in [0.15, 0.2) is 29.2 Å². The van der Waals surface area contributed by atoms with Gasteiger partial charge in [-0.05, 0) is 31.2 Å². The molecule has 2 unspecified atom stereocenters. The molecule has 1 fully saturated rings. The average molecular weight is 426 g/mol. The Labute approximate surface area is 168 Å². The van der Waals surface area contributed by atoms with Crippen molar-refractivity contribution in [2.45, 2.75) is 23.9 Å². The fraction of sp³-hybridized carbons (Fsp3) is 0.444. The summed E-state index contributed by atoms with van der Waals surface area (Å²) in [5.41, 5.74) is 0. The second-order valence-corrected chi connectivity index (χ2v) is 8.05. The number of nitrogens with zero attached hydrogens (tertiary/aromatic N) is 2. The van der Waals surface area contributed by atoms with Crippen LogP contribution in [-0.2, 0) is 19.6 Å². The van der Waals surface area contributed by atoms with Crippen LogP contribution >= 0.6 is 0 Å². The summed E-state index contributed by atoms with van der Waals surface area (Å²) in [7, 11) is -2.63. The highest BCUT2D eigenvalue weighted by molar-refractivity contribution is 7.89. The second-order valence-electron chi connectivity index (χ2n) is 6.16. The Bertz CT molecular complexity index is 904. The molecule has 29 heavy (non-hydrogen) atoms. The van der Waals surface area contributed by atoms with E-state index < -0.39 is 34.2 Å². The highest BCUT2D eigenvalue weighted by Gasteiger charge is 2.46. The molecule has 0 bridgehead atoms. The Morgan fingerprint density at radius 1 is 1.14 bits per heavy atom. The molecule has 0 radical (unpaired) electrons. The minimum Gasteiger partial charge on any atom is -0.481 e. The van der Waals surface area contributed by atoms with E-state index in [-0.39, 0.29) is 31.2 Å². The van der Waals surface area contributed by atoms with Crippen molar-refractivity contribution in [3.63, 3.8) is 0 Å². The maximum absolute atomic E-state index is 13.0. The third kappa shape index (κ3) is 5.17. The Balaban J connectivity index is 2.20. The number of hydrogen-bond acceptors (Lipinski definition) is 6. The summed E-state index contributed by atoms with van der Waals surface area (Å²) in [5.74, 6) is 4.42. The highest BCUT2D eigenvalue weighted by atomic mass is 32.2. The zero-order chi connectivity index (χ0) is 21.6. The highest BCUT2D eigenvalue weighted by Crippen LogP contribution is 2.26. The number of benzene rings is 1.